The lowest BCUT2D eigenvalue weighted by molar-refractivity contribution is 0.162. The van der Waals surface area contributed by atoms with Crippen molar-refractivity contribution in [3.05, 3.63) is 14.9 Å². The van der Waals surface area contributed by atoms with Gasteiger partial charge in [-0.1, -0.05) is 11.6 Å². The van der Waals surface area contributed by atoms with Crippen LogP contribution in [0.3, 0.4) is 0 Å². The summed E-state index contributed by atoms with van der Waals surface area (Å²) in [6.45, 7) is 2.34. The van der Waals surface area contributed by atoms with Gasteiger partial charge in [-0.25, -0.2) is 13.1 Å². The van der Waals surface area contributed by atoms with E-state index in [0.717, 1.165) is 17.9 Å². The molecule has 0 saturated carbocycles. The average molecular weight is 392 g/mol. The lowest BCUT2D eigenvalue weighted by atomic mass is 10.5. The van der Waals surface area contributed by atoms with Crippen LogP contribution in [0.25, 0.3) is 0 Å². The summed E-state index contributed by atoms with van der Waals surface area (Å²) in [5.41, 5.74) is 0. The molecule has 0 aliphatic carbocycles. The molecule has 0 bridgehead atoms. The van der Waals surface area contributed by atoms with Gasteiger partial charge in [-0.15, -0.1) is 11.3 Å². The Balaban J connectivity index is 2.48. The van der Waals surface area contributed by atoms with Crippen LogP contribution in [0, 0.1) is 0 Å². The molecule has 0 fully saturated rings. The number of thiophene rings is 1. The van der Waals surface area contributed by atoms with E-state index < -0.39 is 10.0 Å². The Morgan fingerprint density at radius 3 is 2.74 bits per heavy atom. The highest BCUT2D eigenvalue weighted by atomic mass is 79.9. The van der Waals surface area contributed by atoms with Gasteiger partial charge in [0.25, 0.3) is 0 Å². The first kappa shape index (κ1) is 17.4. The average Bonchev–Trinajstić information content (AvgIpc) is 2.67. The second-order valence-electron chi connectivity index (χ2n) is 3.88. The van der Waals surface area contributed by atoms with Gasteiger partial charge in [-0.05, 0) is 29.0 Å². The van der Waals surface area contributed by atoms with Crippen LogP contribution in [0.1, 0.15) is 0 Å². The summed E-state index contributed by atoms with van der Waals surface area (Å²) in [7, 11) is 0.0606. The third kappa shape index (κ3) is 5.66. The quantitative estimate of drug-likeness (QED) is 0.736. The fourth-order valence-corrected chi connectivity index (χ4v) is 4.72. The van der Waals surface area contributed by atoms with Crippen LogP contribution in [0.5, 0.6) is 0 Å². The fourth-order valence-electron chi connectivity index (χ4n) is 1.26. The van der Waals surface area contributed by atoms with Crippen LogP contribution in [0.2, 0.25) is 5.02 Å². The number of rotatable bonds is 8. The summed E-state index contributed by atoms with van der Waals surface area (Å²) in [5, 5.41) is 0.405. The number of hydrogen-bond acceptors (Lipinski definition) is 5. The van der Waals surface area contributed by atoms with E-state index >= 15 is 0 Å². The van der Waals surface area contributed by atoms with Crippen molar-refractivity contribution in [2.75, 3.05) is 40.4 Å². The lowest BCUT2D eigenvalue weighted by Crippen LogP contribution is -2.34. The Kier molecular flexibility index (Phi) is 7.23. The Morgan fingerprint density at radius 1 is 1.53 bits per heavy atom. The van der Waals surface area contributed by atoms with Crippen LogP contribution in [0.4, 0.5) is 0 Å². The molecule has 0 spiro atoms. The van der Waals surface area contributed by atoms with E-state index in [2.05, 4.69) is 20.7 Å². The van der Waals surface area contributed by atoms with Crippen molar-refractivity contribution < 1.29 is 13.2 Å². The summed E-state index contributed by atoms with van der Waals surface area (Å²) < 4.78 is 32.3. The van der Waals surface area contributed by atoms with Crippen LogP contribution in [-0.4, -0.2) is 53.7 Å². The highest BCUT2D eigenvalue weighted by Gasteiger charge is 2.18. The minimum Gasteiger partial charge on any atom is -0.383 e. The van der Waals surface area contributed by atoms with E-state index in [9.17, 15) is 8.42 Å². The van der Waals surface area contributed by atoms with Crippen molar-refractivity contribution in [2.45, 2.75) is 4.21 Å². The monoisotopic (exact) mass is 390 g/mol. The zero-order valence-corrected chi connectivity index (χ0v) is 14.6. The molecule has 0 saturated heterocycles. The van der Waals surface area contributed by atoms with E-state index in [1.54, 1.807) is 7.11 Å². The largest absolute Gasteiger partial charge is 0.383 e. The number of hydrogen-bond donors (Lipinski definition) is 1. The Morgan fingerprint density at radius 2 is 2.21 bits per heavy atom. The van der Waals surface area contributed by atoms with Crippen LogP contribution >= 0.6 is 38.9 Å². The normalized spacial score (nSPS) is 12.3. The van der Waals surface area contributed by atoms with Crippen LogP contribution in [0.15, 0.2) is 14.1 Å². The number of nitrogens with zero attached hydrogens (tertiary/aromatic N) is 1. The predicted molar refractivity (Wildman–Crippen MR) is 81.6 cm³/mol. The van der Waals surface area contributed by atoms with Crippen molar-refractivity contribution in [1.82, 2.24) is 9.62 Å². The molecule has 0 aromatic carbocycles. The fraction of sp³-hybridized carbons (Fsp3) is 0.600. The Hall–Kier alpha value is 0.300. The summed E-state index contributed by atoms with van der Waals surface area (Å²) in [5.74, 6) is 0. The first-order chi connectivity index (χ1) is 8.86. The highest BCUT2D eigenvalue weighted by Crippen LogP contribution is 2.34. The standard InChI is InChI=1S/C10H16BrClN2O3S2/c1-14(5-6-17-2)4-3-13-19(15,16)9-7-8(12)10(11)18-9/h7,13H,3-6H2,1-2H3. The van der Waals surface area contributed by atoms with Crippen molar-refractivity contribution in [1.29, 1.82) is 0 Å². The van der Waals surface area contributed by atoms with E-state index in [1.807, 2.05) is 11.9 Å². The molecule has 1 heterocycles. The smallest absolute Gasteiger partial charge is 0.250 e. The number of sulfonamides is 1. The second-order valence-corrected chi connectivity index (χ2v) is 8.65. The van der Waals surface area contributed by atoms with E-state index in [-0.39, 0.29) is 4.21 Å². The maximum absolute atomic E-state index is 12.0. The SMILES string of the molecule is COCCN(C)CCNS(=O)(=O)c1cc(Cl)c(Br)s1. The first-order valence-corrected chi connectivity index (χ1v) is 8.96. The van der Waals surface area contributed by atoms with E-state index in [4.69, 9.17) is 16.3 Å². The number of nitrogens with one attached hydrogen (secondary N) is 1. The number of likely N-dealkylation sites (N-methyl/N-ethyl adjacent to an activating group) is 1. The molecule has 1 aromatic heterocycles. The molecule has 1 aromatic rings. The second kappa shape index (κ2) is 7.92. The van der Waals surface area contributed by atoms with Crippen molar-refractivity contribution in [3.63, 3.8) is 0 Å². The molecule has 0 radical (unpaired) electrons. The summed E-state index contributed by atoms with van der Waals surface area (Å²) in [4.78, 5) is 1.99. The number of ether oxygens (including phenoxy) is 1. The molecule has 0 aliphatic heterocycles. The van der Waals surface area contributed by atoms with Gasteiger partial charge in [0, 0.05) is 26.7 Å². The molecular weight excluding hydrogens is 376 g/mol. The van der Waals surface area contributed by atoms with Gasteiger partial charge in [0.1, 0.15) is 4.21 Å². The molecular formula is C10H16BrClN2O3S2. The van der Waals surface area contributed by atoms with E-state index in [1.165, 1.54) is 6.07 Å². The molecule has 0 atom stereocenters. The molecule has 0 unspecified atom stereocenters. The highest BCUT2D eigenvalue weighted by molar-refractivity contribution is 9.11. The van der Waals surface area contributed by atoms with Gasteiger partial charge >= 0.3 is 0 Å². The van der Waals surface area contributed by atoms with Crippen LogP contribution < -0.4 is 4.72 Å². The van der Waals surface area contributed by atoms with Crippen molar-refractivity contribution in [3.8, 4) is 0 Å². The summed E-state index contributed by atoms with van der Waals surface area (Å²) in [6.07, 6.45) is 0. The lowest BCUT2D eigenvalue weighted by Gasteiger charge is -2.15. The zero-order chi connectivity index (χ0) is 14.5. The third-order valence-corrected chi connectivity index (χ3v) is 6.76. The molecule has 1 rings (SSSR count). The van der Waals surface area contributed by atoms with Gasteiger partial charge in [-0.2, -0.15) is 0 Å². The van der Waals surface area contributed by atoms with Gasteiger partial charge in [0.15, 0.2) is 0 Å². The van der Waals surface area contributed by atoms with Crippen LogP contribution in [-0.2, 0) is 14.8 Å². The topological polar surface area (TPSA) is 58.6 Å². The van der Waals surface area contributed by atoms with Gasteiger partial charge in [0.05, 0.1) is 15.4 Å². The minimum absolute atomic E-state index is 0.212. The summed E-state index contributed by atoms with van der Waals surface area (Å²) >= 11 is 10.1. The molecule has 9 heteroatoms. The van der Waals surface area contributed by atoms with Crippen molar-refractivity contribution in [2.24, 2.45) is 0 Å². The number of halogens is 2. The molecule has 5 nitrogen and oxygen atoms in total. The summed E-state index contributed by atoms with van der Waals surface area (Å²) in [6, 6.07) is 1.44. The minimum atomic E-state index is -3.48. The molecule has 0 aliphatic rings. The zero-order valence-electron chi connectivity index (χ0n) is 10.7. The first-order valence-electron chi connectivity index (χ1n) is 5.49. The maximum atomic E-state index is 12.0. The third-order valence-electron chi connectivity index (χ3n) is 2.35. The van der Waals surface area contributed by atoms with Gasteiger partial charge in [0.2, 0.25) is 10.0 Å². The Bertz CT molecular complexity index is 487. The molecule has 1 N–H and O–H groups in total. The predicted octanol–water partition coefficient (Wildman–Crippen LogP) is 2.02. The van der Waals surface area contributed by atoms with Gasteiger partial charge in [-0.3, -0.25) is 0 Å². The molecule has 110 valence electrons. The molecule has 19 heavy (non-hydrogen) atoms. The van der Waals surface area contributed by atoms with Crippen molar-refractivity contribution >= 4 is 48.9 Å². The molecule has 0 amide bonds. The Labute approximate surface area is 131 Å². The number of methoxy groups -OCH3 is 1. The maximum Gasteiger partial charge on any atom is 0.250 e. The van der Waals surface area contributed by atoms with Gasteiger partial charge < -0.3 is 9.64 Å². The van der Waals surface area contributed by atoms with E-state index in [0.29, 0.717) is 28.5 Å².